The van der Waals surface area contributed by atoms with Crippen molar-refractivity contribution in [2.24, 2.45) is 0 Å². The summed E-state index contributed by atoms with van der Waals surface area (Å²) in [5.74, 6) is -3.70. The molecular weight excluding hydrogens is 1540 g/mol. The van der Waals surface area contributed by atoms with Crippen molar-refractivity contribution in [1.82, 2.24) is 21.3 Å². The van der Waals surface area contributed by atoms with Crippen LogP contribution in [0.1, 0.15) is 27.7 Å². The van der Waals surface area contributed by atoms with E-state index < -0.39 is 359 Å². The van der Waals surface area contributed by atoms with E-state index in [0.717, 1.165) is 27.7 Å². The van der Waals surface area contributed by atoms with Crippen LogP contribution in [-0.2, 0) is 99.7 Å². The first-order chi connectivity index (χ1) is 53.0. The first-order valence-corrected chi connectivity index (χ1v) is 35.6. The summed E-state index contributed by atoms with van der Waals surface area (Å²) in [7, 11) is 0. The monoisotopic (exact) mass is 1640 g/mol. The van der Waals surface area contributed by atoms with Gasteiger partial charge < -0.3 is 229 Å². The smallest absolute Gasteiger partial charge is 0.217 e. The van der Waals surface area contributed by atoms with E-state index in [1.807, 2.05) is 0 Å². The quantitative estimate of drug-likeness (QED) is 0.0331. The molecule has 0 bridgehead atoms. The predicted octanol–water partition coefficient (Wildman–Crippen LogP) is -20.1. The van der Waals surface area contributed by atoms with E-state index in [1.54, 1.807) is 0 Å². The largest absolute Gasteiger partial charge is 0.394 e. The highest BCUT2D eigenvalue weighted by atomic mass is 16.8. The topological polar surface area (TPSA) is 779 Å². The molecule has 0 aromatic heterocycles. The highest BCUT2D eigenvalue weighted by Crippen LogP contribution is 2.41. The third-order valence-electron chi connectivity index (χ3n) is 20.3. The normalized spacial score (nSPS) is 48.9. The van der Waals surface area contributed by atoms with Gasteiger partial charge in [0, 0.05) is 27.7 Å². The molecule has 9 fully saturated rings. The Kier molecular flexibility index (Phi) is 33.1. The van der Waals surface area contributed by atoms with Gasteiger partial charge in [-0.2, -0.15) is 0 Å². The van der Waals surface area contributed by atoms with Crippen molar-refractivity contribution in [3.8, 4) is 0 Å². The van der Waals surface area contributed by atoms with Crippen LogP contribution in [0, 0.1) is 0 Å². The lowest BCUT2D eigenvalue weighted by Crippen LogP contribution is -2.71. The minimum absolute atomic E-state index is 0.812. The molecule has 0 aliphatic carbocycles. The summed E-state index contributed by atoms with van der Waals surface area (Å²) in [4.78, 5) is 51.2. The minimum atomic E-state index is -2.60. The van der Waals surface area contributed by atoms with Crippen molar-refractivity contribution in [2.75, 3.05) is 59.5 Å². The number of aliphatic hydroxyl groups is 25. The lowest BCUT2D eigenvalue weighted by molar-refractivity contribution is -0.410. The van der Waals surface area contributed by atoms with Crippen LogP contribution in [0.15, 0.2) is 0 Å². The van der Waals surface area contributed by atoms with Crippen LogP contribution in [0.25, 0.3) is 0 Å². The molecule has 648 valence electrons. The molecule has 45 atom stereocenters. The number of hydrogen-bond acceptors (Lipinski definition) is 46. The number of carbonyl (C=O) groups excluding carboxylic acids is 4. The molecule has 9 heterocycles. The van der Waals surface area contributed by atoms with E-state index in [0.29, 0.717) is 0 Å². The van der Waals surface area contributed by atoms with Gasteiger partial charge in [0.1, 0.15) is 219 Å². The number of amides is 4. The average Bonchev–Trinajstić information content (AvgIpc) is 0.760. The molecule has 9 rings (SSSR count). The summed E-state index contributed by atoms with van der Waals surface area (Å²) in [5.41, 5.74) is 0. The Labute approximate surface area is 634 Å². The molecule has 9 aliphatic rings. The van der Waals surface area contributed by atoms with Crippen LogP contribution in [0.3, 0.4) is 0 Å². The second-order valence-corrected chi connectivity index (χ2v) is 28.2. The molecule has 0 radical (unpaired) electrons. The number of hydrogen-bond donors (Lipinski definition) is 29. The van der Waals surface area contributed by atoms with E-state index in [1.165, 1.54) is 0 Å². The fraction of sp³-hybridized carbons (Fsp3) is 0.935. The molecule has 0 aromatic rings. The summed E-state index contributed by atoms with van der Waals surface area (Å²) >= 11 is 0. The maximum Gasteiger partial charge on any atom is 0.217 e. The van der Waals surface area contributed by atoms with Crippen molar-refractivity contribution in [3.63, 3.8) is 0 Å². The zero-order valence-corrected chi connectivity index (χ0v) is 60.1. The third kappa shape index (κ3) is 20.4. The molecule has 0 unspecified atom stereocenters. The zero-order valence-electron chi connectivity index (χ0n) is 60.1. The number of aliphatic hydroxyl groups excluding tert-OH is 25. The Morgan fingerprint density at radius 1 is 0.232 bits per heavy atom. The van der Waals surface area contributed by atoms with Crippen LogP contribution >= 0.6 is 0 Å². The molecule has 9 saturated heterocycles. The molecular formula is C62H104N4O46. The summed E-state index contributed by atoms with van der Waals surface area (Å²) in [6, 6.07) is -7.58. The second kappa shape index (κ2) is 40.3. The summed E-state index contributed by atoms with van der Waals surface area (Å²) < 4.78 is 102. The lowest BCUT2D eigenvalue weighted by Gasteiger charge is -2.52. The Hall–Kier alpha value is -3.80. The maximum absolute atomic E-state index is 13.2. The van der Waals surface area contributed by atoms with Crippen molar-refractivity contribution in [3.05, 3.63) is 0 Å². The van der Waals surface area contributed by atoms with E-state index in [9.17, 15) is 147 Å². The molecule has 50 nitrogen and oxygen atoms in total. The molecule has 0 spiro atoms. The molecule has 29 N–H and O–H groups in total. The van der Waals surface area contributed by atoms with Gasteiger partial charge in [-0.25, -0.2) is 0 Å². The van der Waals surface area contributed by atoms with Crippen molar-refractivity contribution in [1.29, 1.82) is 0 Å². The number of ether oxygens (including phenoxy) is 17. The first kappa shape index (κ1) is 92.1. The average molecular weight is 1640 g/mol. The van der Waals surface area contributed by atoms with Gasteiger partial charge in [-0.05, 0) is 0 Å². The fourth-order valence-corrected chi connectivity index (χ4v) is 14.3. The van der Waals surface area contributed by atoms with Crippen molar-refractivity contribution in [2.45, 2.75) is 304 Å². The van der Waals surface area contributed by atoms with Crippen LogP contribution in [-0.4, -0.2) is 487 Å². The minimum Gasteiger partial charge on any atom is -0.394 e. The number of rotatable bonds is 29. The van der Waals surface area contributed by atoms with Crippen LogP contribution in [0.5, 0.6) is 0 Å². The van der Waals surface area contributed by atoms with Gasteiger partial charge in [0.15, 0.2) is 56.6 Å². The molecule has 4 amide bonds. The molecule has 0 saturated carbocycles. The summed E-state index contributed by atoms with van der Waals surface area (Å²) in [5, 5.41) is 288. The standard InChI is InChI=1S/C62H104N4O46/c1-14(74)63-27-40(87)48(23(10-72)98-54(27)95)107-57-30(66-17(4)77)41(88)49(24(11-73)104-57)108-62-53(112-56-29(65-16(3)76)39(86)32(79)19(6-68)100-56)51(110-61-52(44(91)35(82)22(9-71)103-61)111-55-28(64-15(2)75)38(85)31(78)18(5-67)99-55)37(84)26(106-62)13-97-59-47(94)50(109-60-46(93)43(90)34(81)21(8-70)102-60)36(83)25(105-59)12-96-58-45(92)42(89)33(80)20(7-69)101-58/h18-62,67-73,78-95H,5-13H2,1-4H3,(H,63,74)(H,64,75)(H,65,76)(H,66,77)/t18-,19-,20-,21-,22-,23-,24-,25-,26-,27-,28-,29-,30-,31-,32-,33-,34-,35-,36-,37-,38-,39-,40-,41-,42+,43+,44+,45+,46+,47+,48-,49-,50+,51+,52+,53+,54-,55+,56+,57+,58+,59+,60-,61-,62+/m1/s1. The Bertz CT molecular complexity index is 2970. The third-order valence-corrected chi connectivity index (χ3v) is 20.3. The van der Waals surface area contributed by atoms with Crippen molar-refractivity contribution < 1.29 is 227 Å². The Balaban J connectivity index is 1.16. The van der Waals surface area contributed by atoms with Gasteiger partial charge in [0.2, 0.25) is 23.6 Å². The van der Waals surface area contributed by atoms with Crippen LogP contribution in [0.4, 0.5) is 0 Å². The zero-order chi connectivity index (χ0) is 82.5. The van der Waals surface area contributed by atoms with Gasteiger partial charge in [-0.15, -0.1) is 0 Å². The van der Waals surface area contributed by atoms with Crippen molar-refractivity contribution >= 4 is 23.6 Å². The van der Waals surface area contributed by atoms with Gasteiger partial charge in [-0.1, -0.05) is 0 Å². The first-order valence-electron chi connectivity index (χ1n) is 35.6. The molecule has 0 aromatic carbocycles. The lowest BCUT2D eigenvalue weighted by atomic mass is 9.93. The van der Waals surface area contributed by atoms with Crippen LogP contribution < -0.4 is 21.3 Å². The van der Waals surface area contributed by atoms with Gasteiger partial charge in [0.05, 0.1) is 59.5 Å². The highest BCUT2D eigenvalue weighted by Gasteiger charge is 2.61. The molecule has 50 heteroatoms. The summed E-state index contributed by atoms with van der Waals surface area (Å²) in [6.45, 7) is -6.29. The predicted molar refractivity (Wildman–Crippen MR) is 343 cm³/mol. The fourth-order valence-electron chi connectivity index (χ4n) is 14.3. The number of nitrogens with one attached hydrogen (secondary N) is 4. The molecule has 112 heavy (non-hydrogen) atoms. The maximum atomic E-state index is 13.2. The summed E-state index contributed by atoms with van der Waals surface area (Å²) in [6.07, 6.45) is -88.0. The second-order valence-electron chi connectivity index (χ2n) is 28.2. The van der Waals surface area contributed by atoms with E-state index in [4.69, 9.17) is 80.5 Å². The SMILES string of the molecule is CC(=O)N[C@@H]1[C@@H](O)[C@H](O[C@@H]2O[C@H](CO)[C@@H](O[C@@H]3O[C@H](CO[C@H]4O[C@H](CO[C@H]5O[C@H](CO)[C@@H](O)[C@H](O)[C@@H]5O)[C@@H](O)[C@H](O[C@H]5O[C@H](CO)[C@@H](O)[C@H](O)[C@@H]5O)[C@@H]4O)[C@@H](O)[C@H](O[C@H]4O[C@H](CO)[C@@H](O)[C@H](O)[C@@H]4O[C@@H]4O[C@H](CO)[C@@H](O)[C@H](O)[C@H]4NC(C)=O)[C@@H]3O[C@@H]3O[C@H](CO)[C@@H](O)[C@H](O)[C@H]3NC(C)=O)[C@H](O)[C@H]2NC(C)=O)[C@@H](CO)O[C@H]1O. The van der Waals surface area contributed by atoms with Crippen LogP contribution in [0.2, 0.25) is 0 Å². The van der Waals surface area contributed by atoms with Gasteiger partial charge in [0.25, 0.3) is 0 Å². The Morgan fingerprint density at radius 3 is 0.955 bits per heavy atom. The highest BCUT2D eigenvalue weighted by molar-refractivity contribution is 5.74. The van der Waals surface area contributed by atoms with E-state index >= 15 is 0 Å². The molecule has 9 aliphatic heterocycles. The Morgan fingerprint density at radius 2 is 0.509 bits per heavy atom. The van der Waals surface area contributed by atoms with Gasteiger partial charge >= 0.3 is 0 Å². The van der Waals surface area contributed by atoms with E-state index in [2.05, 4.69) is 21.3 Å². The van der Waals surface area contributed by atoms with Gasteiger partial charge in [-0.3, -0.25) is 19.2 Å². The number of carbonyl (C=O) groups is 4. The van der Waals surface area contributed by atoms with E-state index in [-0.39, 0.29) is 0 Å².